The van der Waals surface area contributed by atoms with Crippen LogP contribution in [0.3, 0.4) is 0 Å². The van der Waals surface area contributed by atoms with E-state index in [2.05, 4.69) is 31.5 Å². The Morgan fingerprint density at radius 2 is 1.92 bits per heavy atom. The fourth-order valence-corrected chi connectivity index (χ4v) is 5.60. The number of aliphatic hydroxyl groups excluding tert-OH is 1. The first-order valence-corrected chi connectivity index (χ1v) is 14.6. The van der Waals surface area contributed by atoms with E-state index in [0.29, 0.717) is 13.0 Å². The molecular formula is C27H37BrN4O4S. The summed E-state index contributed by atoms with van der Waals surface area (Å²) >= 11 is 4.95. The Hall–Kier alpha value is -2.30. The molecule has 1 fully saturated rings. The fraction of sp³-hybridized carbons (Fsp3) is 0.556. The van der Waals surface area contributed by atoms with Crippen LogP contribution in [0.4, 0.5) is 0 Å². The molecule has 3 rings (SSSR count). The molecule has 0 unspecified atom stereocenters. The maximum Gasteiger partial charge on any atom is 0.246 e. The second kappa shape index (κ2) is 13.0. The van der Waals surface area contributed by atoms with E-state index in [9.17, 15) is 19.5 Å². The van der Waals surface area contributed by atoms with Crippen LogP contribution >= 0.6 is 27.3 Å². The lowest BCUT2D eigenvalue weighted by Gasteiger charge is -2.35. The number of aliphatic hydroxyl groups is 1. The number of hydrogen-bond acceptors (Lipinski definition) is 6. The molecule has 0 bridgehead atoms. The van der Waals surface area contributed by atoms with Crippen molar-refractivity contribution in [2.45, 2.75) is 78.1 Å². The summed E-state index contributed by atoms with van der Waals surface area (Å²) in [5, 5.41) is 17.0. The number of carbonyl (C=O) groups is 3. The maximum atomic E-state index is 13.6. The molecule has 1 aromatic carbocycles. The van der Waals surface area contributed by atoms with Crippen LogP contribution in [0, 0.1) is 12.3 Å². The third kappa shape index (κ3) is 7.85. The highest BCUT2D eigenvalue weighted by Crippen LogP contribution is 2.28. The minimum atomic E-state index is -0.799. The number of aromatic nitrogens is 1. The van der Waals surface area contributed by atoms with E-state index < -0.39 is 23.6 Å². The standard InChI is InChI=1S/C27H37BrN4O4S/c1-17-23(37-16-30-17)19-10-8-18(9-11-19)14-29-25(35)21-13-20(33)15-32(21)26(36)24(27(2,3)4)31-22(34)7-5-6-12-28/h8-11,16,20-21,24,33H,5-7,12-15H2,1-4H3,(H,29,35)(H,31,34)/t20-,21+,24+/m1/s1. The first-order valence-electron chi connectivity index (χ1n) is 12.6. The zero-order chi connectivity index (χ0) is 27.2. The topological polar surface area (TPSA) is 112 Å². The third-order valence-corrected chi connectivity index (χ3v) is 8.04. The highest BCUT2D eigenvalue weighted by molar-refractivity contribution is 9.09. The van der Waals surface area contributed by atoms with E-state index in [1.165, 1.54) is 4.90 Å². The molecule has 0 spiro atoms. The Bertz CT molecular complexity index is 1080. The quantitative estimate of drug-likeness (QED) is 0.287. The van der Waals surface area contributed by atoms with Crippen LogP contribution in [0.15, 0.2) is 29.8 Å². The molecule has 0 radical (unpaired) electrons. The third-order valence-electron chi connectivity index (χ3n) is 6.50. The van der Waals surface area contributed by atoms with Crippen LogP contribution in [0.5, 0.6) is 0 Å². The van der Waals surface area contributed by atoms with Gasteiger partial charge >= 0.3 is 0 Å². The predicted octanol–water partition coefficient (Wildman–Crippen LogP) is 3.79. The number of aryl methyl sites for hydroxylation is 1. The number of unbranched alkanes of at least 4 members (excludes halogenated alkanes) is 1. The fourth-order valence-electron chi connectivity index (χ4n) is 4.39. The van der Waals surface area contributed by atoms with E-state index in [4.69, 9.17) is 0 Å². The molecule has 1 aliphatic rings. The van der Waals surface area contributed by atoms with Gasteiger partial charge in [-0.05, 0) is 36.3 Å². The Morgan fingerprint density at radius 3 is 2.51 bits per heavy atom. The molecule has 0 saturated carbocycles. The molecule has 8 nitrogen and oxygen atoms in total. The molecule has 10 heteroatoms. The van der Waals surface area contributed by atoms with Crippen molar-refractivity contribution in [3.8, 4) is 10.4 Å². The van der Waals surface area contributed by atoms with Gasteiger partial charge in [0, 0.05) is 31.3 Å². The molecule has 0 aliphatic carbocycles. The number of halogens is 1. The number of amides is 3. The Balaban J connectivity index is 1.65. The van der Waals surface area contributed by atoms with Crippen LogP contribution in [0.2, 0.25) is 0 Å². The summed E-state index contributed by atoms with van der Waals surface area (Å²) in [7, 11) is 0. The van der Waals surface area contributed by atoms with E-state index in [1.54, 1.807) is 11.3 Å². The number of benzene rings is 1. The molecule has 3 N–H and O–H groups in total. The van der Waals surface area contributed by atoms with Crippen LogP contribution < -0.4 is 10.6 Å². The first-order chi connectivity index (χ1) is 17.5. The van der Waals surface area contributed by atoms with E-state index in [-0.39, 0.29) is 30.7 Å². The highest BCUT2D eigenvalue weighted by atomic mass is 79.9. The Morgan fingerprint density at radius 1 is 1.22 bits per heavy atom. The second-order valence-corrected chi connectivity index (χ2v) is 12.2. The summed E-state index contributed by atoms with van der Waals surface area (Å²) in [5.74, 6) is -0.849. The number of hydrogen-bond donors (Lipinski definition) is 3. The first kappa shape index (κ1) is 29.3. The summed E-state index contributed by atoms with van der Waals surface area (Å²) in [5.41, 5.74) is 4.25. The van der Waals surface area contributed by atoms with Gasteiger partial charge in [-0.1, -0.05) is 61.0 Å². The largest absolute Gasteiger partial charge is 0.391 e. The normalized spacial score (nSPS) is 18.5. The predicted molar refractivity (Wildman–Crippen MR) is 149 cm³/mol. The molecule has 3 atom stereocenters. The van der Waals surface area contributed by atoms with Crippen LogP contribution in [0.1, 0.15) is 57.7 Å². The number of nitrogens with zero attached hydrogens (tertiary/aromatic N) is 2. The number of carbonyl (C=O) groups excluding carboxylic acids is 3. The molecular weight excluding hydrogens is 556 g/mol. The molecule has 3 amide bonds. The van der Waals surface area contributed by atoms with Crippen molar-refractivity contribution in [3.63, 3.8) is 0 Å². The number of thiazole rings is 1. The Labute approximate surface area is 231 Å². The molecule has 1 aromatic heterocycles. The number of likely N-dealkylation sites (tertiary alicyclic amines) is 1. The lowest BCUT2D eigenvalue weighted by atomic mass is 9.85. The van der Waals surface area contributed by atoms with Gasteiger partial charge in [0.05, 0.1) is 22.2 Å². The van der Waals surface area contributed by atoms with Gasteiger partial charge in [-0.3, -0.25) is 14.4 Å². The number of rotatable bonds is 10. The van der Waals surface area contributed by atoms with Crippen molar-refractivity contribution < 1.29 is 19.5 Å². The van der Waals surface area contributed by atoms with Gasteiger partial charge in [-0.2, -0.15) is 0 Å². The SMILES string of the molecule is Cc1ncsc1-c1ccc(CNC(=O)[C@@H]2C[C@@H](O)CN2C(=O)[C@H](NC(=O)CCCCBr)C(C)(C)C)cc1. The van der Waals surface area contributed by atoms with Gasteiger partial charge in [0.25, 0.3) is 0 Å². The Kier molecular flexibility index (Phi) is 10.3. The smallest absolute Gasteiger partial charge is 0.246 e. The van der Waals surface area contributed by atoms with Crippen LogP contribution in [-0.4, -0.2) is 62.8 Å². The van der Waals surface area contributed by atoms with Gasteiger partial charge in [0.1, 0.15) is 12.1 Å². The molecule has 202 valence electrons. The van der Waals surface area contributed by atoms with Crippen molar-refractivity contribution >= 4 is 45.0 Å². The van der Waals surface area contributed by atoms with Crippen molar-refractivity contribution in [1.29, 1.82) is 0 Å². The van der Waals surface area contributed by atoms with Crippen molar-refractivity contribution in [2.24, 2.45) is 5.41 Å². The van der Waals surface area contributed by atoms with Gasteiger partial charge < -0.3 is 20.6 Å². The minimum Gasteiger partial charge on any atom is -0.391 e. The summed E-state index contributed by atoms with van der Waals surface area (Å²) in [6, 6.07) is 6.34. The van der Waals surface area contributed by atoms with Gasteiger partial charge in [-0.25, -0.2) is 4.98 Å². The monoisotopic (exact) mass is 592 g/mol. The van der Waals surface area contributed by atoms with Crippen molar-refractivity contribution in [3.05, 3.63) is 41.0 Å². The highest BCUT2D eigenvalue weighted by Gasteiger charge is 2.44. The lowest BCUT2D eigenvalue weighted by molar-refractivity contribution is -0.144. The van der Waals surface area contributed by atoms with E-state index in [0.717, 1.165) is 39.9 Å². The van der Waals surface area contributed by atoms with E-state index in [1.807, 2.05) is 57.5 Å². The lowest BCUT2D eigenvalue weighted by Crippen LogP contribution is -2.57. The summed E-state index contributed by atoms with van der Waals surface area (Å²) < 4.78 is 0. The number of β-amino-alcohol motifs (C(OH)–C–C–N with tert-alkyl or cyclic N) is 1. The van der Waals surface area contributed by atoms with Crippen LogP contribution in [-0.2, 0) is 20.9 Å². The zero-order valence-electron chi connectivity index (χ0n) is 21.9. The summed E-state index contributed by atoms with van der Waals surface area (Å²) in [6.07, 6.45) is 1.30. The number of alkyl halides is 1. The zero-order valence-corrected chi connectivity index (χ0v) is 24.3. The minimum absolute atomic E-state index is 0.0614. The van der Waals surface area contributed by atoms with Crippen molar-refractivity contribution in [2.75, 3.05) is 11.9 Å². The summed E-state index contributed by atoms with van der Waals surface area (Å²) in [6.45, 7) is 7.99. The molecule has 2 heterocycles. The second-order valence-electron chi connectivity index (χ2n) is 10.6. The van der Waals surface area contributed by atoms with Crippen molar-refractivity contribution in [1.82, 2.24) is 20.5 Å². The average Bonchev–Trinajstić information content (AvgIpc) is 3.46. The van der Waals surface area contributed by atoms with Gasteiger partial charge in [-0.15, -0.1) is 11.3 Å². The average molecular weight is 594 g/mol. The number of nitrogens with one attached hydrogen (secondary N) is 2. The van der Waals surface area contributed by atoms with Crippen LogP contribution in [0.25, 0.3) is 10.4 Å². The molecule has 37 heavy (non-hydrogen) atoms. The molecule has 1 saturated heterocycles. The summed E-state index contributed by atoms with van der Waals surface area (Å²) in [4.78, 5) is 46.1. The van der Waals surface area contributed by atoms with Gasteiger partial charge in [0.15, 0.2) is 0 Å². The van der Waals surface area contributed by atoms with Gasteiger partial charge in [0.2, 0.25) is 17.7 Å². The molecule has 1 aliphatic heterocycles. The van der Waals surface area contributed by atoms with E-state index >= 15 is 0 Å². The maximum absolute atomic E-state index is 13.6. The molecule has 2 aromatic rings.